The van der Waals surface area contributed by atoms with Crippen molar-refractivity contribution >= 4 is 23.9 Å². The SMILES string of the molecule is CC[C@H](C)[C@H](NC(=O)O)C(=O)NNC[C@H](O)[C@H](Cc1ccccc1)NC(=O)[C@H]([C@@H](C)CC)N1CCN(Cc2cccc(C)n2)C1=O. The van der Waals surface area contributed by atoms with E-state index in [1.54, 1.807) is 16.7 Å². The van der Waals surface area contributed by atoms with Crippen molar-refractivity contribution in [2.75, 3.05) is 19.6 Å². The van der Waals surface area contributed by atoms with E-state index >= 15 is 0 Å². The summed E-state index contributed by atoms with van der Waals surface area (Å²) < 4.78 is 0. The summed E-state index contributed by atoms with van der Waals surface area (Å²) in [6.45, 7) is 10.5. The zero-order chi connectivity index (χ0) is 33.8. The van der Waals surface area contributed by atoms with Crippen molar-refractivity contribution in [1.82, 2.24) is 36.3 Å². The molecule has 252 valence electrons. The fourth-order valence-electron chi connectivity index (χ4n) is 5.54. The first-order chi connectivity index (χ1) is 21.9. The van der Waals surface area contributed by atoms with Gasteiger partial charge in [0, 0.05) is 25.3 Å². The van der Waals surface area contributed by atoms with Crippen molar-refractivity contribution in [3.05, 3.63) is 65.5 Å². The molecule has 46 heavy (non-hydrogen) atoms. The van der Waals surface area contributed by atoms with Crippen LogP contribution >= 0.6 is 0 Å². The van der Waals surface area contributed by atoms with Gasteiger partial charge in [-0.3, -0.25) is 20.0 Å². The summed E-state index contributed by atoms with van der Waals surface area (Å²) in [5, 5.41) is 25.7. The first-order valence-corrected chi connectivity index (χ1v) is 16.0. The van der Waals surface area contributed by atoms with E-state index < -0.39 is 36.2 Å². The number of rotatable bonds is 17. The third-order valence-electron chi connectivity index (χ3n) is 8.60. The standard InChI is InChI=1S/C33H49N7O6/c1-6-21(3)28(37-32(44)45)30(42)38-34-19-27(41)26(18-24-13-9-8-10-14-24)36-31(43)29(22(4)7-2)40-17-16-39(33(40)46)20-25-15-11-12-23(5)35-25/h8-15,21-22,26-29,34,37,41H,6-7,16-20H2,1-5H3,(H,36,43)(H,38,42)(H,44,45)/t21-,22-,26-,27-,28-,29-/m0/s1. The molecule has 5 amide bonds. The van der Waals surface area contributed by atoms with Gasteiger partial charge < -0.3 is 30.6 Å². The molecule has 1 aromatic carbocycles. The highest BCUT2D eigenvalue weighted by atomic mass is 16.4. The summed E-state index contributed by atoms with van der Waals surface area (Å²) >= 11 is 0. The Morgan fingerprint density at radius 3 is 2.26 bits per heavy atom. The van der Waals surface area contributed by atoms with E-state index in [2.05, 4.69) is 26.5 Å². The molecule has 0 radical (unpaired) electrons. The number of nitrogens with zero attached hydrogens (tertiary/aromatic N) is 3. The number of carboxylic acid groups (broad SMARTS) is 1. The number of nitrogens with one attached hydrogen (secondary N) is 4. The molecule has 1 fully saturated rings. The number of urea groups is 1. The molecule has 6 atom stereocenters. The first kappa shape index (κ1) is 36.2. The molecular formula is C33H49N7O6. The Bertz CT molecular complexity index is 1310. The zero-order valence-electron chi connectivity index (χ0n) is 27.4. The van der Waals surface area contributed by atoms with Gasteiger partial charge in [0.2, 0.25) is 5.91 Å². The predicted octanol–water partition coefficient (Wildman–Crippen LogP) is 2.43. The fourth-order valence-corrected chi connectivity index (χ4v) is 5.54. The molecule has 1 saturated heterocycles. The summed E-state index contributed by atoms with van der Waals surface area (Å²) in [4.78, 5) is 59.3. The number of aliphatic hydroxyl groups is 1. The van der Waals surface area contributed by atoms with Gasteiger partial charge in [0.15, 0.2) is 0 Å². The Morgan fingerprint density at radius 2 is 1.63 bits per heavy atom. The molecule has 0 aliphatic carbocycles. The lowest BCUT2D eigenvalue weighted by Crippen LogP contribution is -2.59. The van der Waals surface area contributed by atoms with E-state index in [0.717, 1.165) is 17.0 Å². The van der Waals surface area contributed by atoms with Gasteiger partial charge in [-0.25, -0.2) is 15.0 Å². The van der Waals surface area contributed by atoms with Crippen molar-refractivity contribution in [3.63, 3.8) is 0 Å². The number of aromatic nitrogens is 1. The topological polar surface area (TPSA) is 176 Å². The van der Waals surface area contributed by atoms with Crippen molar-refractivity contribution in [3.8, 4) is 0 Å². The third kappa shape index (κ3) is 10.1. The summed E-state index contributed by atoms with van der Waals surface area (Å²) in [5.74, 6) is -1.37. The first-order valence-electron chi connectivity index (χ1n) is 16.0. The average Bonchev–Trinajstić information content (AvgIpc) is 3.38. The van der Waals surface area contributed by atoms with Crippen LogP contribution in [0.2, 0.25) is 0 Å². The molecule has 13 nitrogen and oxygen atoms in total. The maximum Gasteiger partial charge on any atom is 0.405 e. The minimum absolute atomic E-state index is 0.127. The molecule has 1 aromatic heterocycles. The summed E-state index contributed by atoms with van der Waals surface area (Å²) in [7, 11) is 0. The van der Waals surface area contributed by atoms with Crippen LogP contribution in [0.15, 0.2) is 48.5 Å². The van der Waals surface area contributed by atoms with Gasteiger partial charge in [0.05, 0.1) is 24.4 Å². The molecule has 2 aromatic rings. The van der Waals surface area contributed by atoms with Gasteiger partial charge in [-0.2, -0.15) is 0 Å². The molecule has 2 heterocycles. The lowest BCUT2D eigenvalue weighted by Gasteiger charge is -2.34. The molecule has 3 rings (SSSR count). The normalized spacial score (nSPS) is 17.0. The van der Waals surface area contributed by atoms with E-state index in [1.807, 2.05) is 76.2 Å². The Morgan fingerprint density at radius 1 is 0.935 bits per heavy atom. The number of carbonyl (C=O) groups is 4. The monoisotopic (exact) mass is 639 g/mol. The Kier molecular flexibility index (Phi) is 13.8. The molecular weight excluding hydrogens is 590 g/mol. The second kappa shape index (κ2) is 17.5. The van der Waals surface area contributed by atoms with Crippen LogP contribution in [0.3, 0.4) is 0 Å². The van der Waals surface area contributed by atoms with Crippen molar-refractivity contribution in [2.45, 2.75) is 84.7 Å². The molecule has 0 spiro atoms. The van der Waals surface area contributed by atoms with E-state index in [4.69, 9.17) is 5.11 Å². The minimum atomic E-state index is -1.31. The molecule has 0 saturated carbocycles. The van der Waals surface area contributed by atoms with E-state index in [1.165, 1.54) is 0 Å². The highest BCUT2D eigenvalue weighted by Gasteiger charge is 2.40. The fraction of sp³-hybridized carbons (Fsp3) is 0.545. The third-order valence-corrected chi connectivity index (χ3v) is 8.60. The number of benzene rings is 1. The summed E-state index contributed by atoms with van der Waals surface area (Å²) in [5.41, 5.74) is 7.71. The van der Waals surface area contributed by atoms with Gasteiger partial charge in [0.1, 0.15) is 12.1 Å². The number of hydrazine groups is 1. The lowest BCUT2D eigenvalue weighted by atomic mass is 9.95. The zero-order valence-corrected chi connectivity index (χ0v) is 27.4. The van der Waals surface area contributed by atoms with Gasteiger partial charge in [-0.05, 0) is 42.9 Å². The Balaban J connectivity index is 1.73. The molecule has 6 N–H and O–H groups in total. The van der Waals surface area contributed by atoms with Crippen molar-refractivity contribution in [2.24, 2.45) is 11.8 Å². The lowest BCUT2D eigenvalue weighted by molar-refractivity contribution is -0.129. The molecule has 1 aliphatic heterocycles. The molecule has 0 bridgehead atoms. The van der Waals surface area contributed by atoms with Gasteiger partial charge in [-0.15, -0.1) is 0 Å². The van der Waals surface area contributed by atoms with Crippen LogP contribution in [-0.4, -0.2) is 92.8 Å². The number of aryl methyl sites for hydroxylation is 1. The van der Waals surface area contributed by atoms with E-state index in [0.29, 0.717) is 38.9 Å². The van der Waals surface area contributed by atoms with Crippen molar-refractivity contribution in [1.29, 1.82) is 0 Å². The quantitative estimate of drug-likeness (QED) is 0.143. The number of hydrogen-bond donors (Lipinski definition) is 6. The summed E-state index contributed by atoms with van der Waals surface area (Å²) in [6.07, 6.45) is -0.930. The second-order valence-electron chi connectivity index (χ2n) is 12.1. The van der Waals surface area contributed by atoms with E-state index in [9.17, 15) is 24.3 Å². The predicted molar refractivity (Wildman–Crippen MR) is 173 cm³/mol. The van der Waals surface area contributed by atoms with Gasteiger partial charge >= 0.3 is 12.1 Å². The number of amides is 5. The largest absolute Gasteiger partial charge is 0.465 e. The van der Waals surface area contributed by atoms with Crippen LogP contribution < -0.4 is 21.5 Å². The maximum absolute atomic E-state index is 14.0. The van der Waals surface area contributed by atoms with Gasteiger partial charge in [0.25, 0.3) is 5.91 Å². The highest BCUT2D eigenvalue weighted by Crippen LogP contribution is 2.23. The van der Waals surface area contributed by atoms with Crippen LogP contribution in [0.4, 0.5) is 9.59 Å². The van der Waals surface area contributed by atoms with Crippen LogP contribution in [0, 0.1) is 18.8 Å². The van der Waals surface area contributed by atoms with Crippen LogP contribution in [0.25, 0.3) is 0 Å². The summed E-state index contributed by atoms with van der Waals surface area (Å²) in [6, 6.07) is 12.3. The number of carbonyl (C=O) groups excluding carboxylic acids is 3. The minimum Gasteiger partial charge on any atom is -0.465 e. The maximum atomic E-state index is 14.0. The number of hydrogen-bond acceptors (Lipinski definition) is 7. The second-order valence-corrected chi connectivity index (χ2v) is 12.1. The van der Waals surface area contributed by atoms with Crippen LogP contribution in [-0.2, 0) is 22.6 Å². The smallest absolute Gasteiger partial charge is 0.405 e. The highest BCUT2D eigenvalue weighted by molar-refractivity contribution is 5.88. The number of aliphatic hydroxyl groups excluding tert-OH is 1. The Labute approximate surface area is 271 Å². The van der Waals surface area contributed by atoms with Crippen LogP contribution in [0.5, 0.6) is 0 Å². The van der Waals surface area contributed by atoms with E-state index in [-0.39, 0.29) is 30.3 Å². The molecule has 1 aliphatic rings. The molecule has 13 heteroatoms. The molecule has 0 unspecified atom stereocenters. The average molecular weight is 640 g/mol. The van der Waals surface area contributed by atoms with Gasteiger partial charge in [-0.1, -0.05) is 76.9 Å². The number of pyridine rings is 1. The van der Waals surface area contributed by atoms with Crippen molar-refractivity contribution < 1.29 is 29.4 Å². The van der Waals surface area contributed by atoms with Crippen LogP contribution in [0.1, 0.15) is 57.5 Å². The Hall–Kier alpha value is -4.23.